The molecule has 5 nitrogen and oxygen atoms in total. The van der Waals surface area contributed by atoms with E-state index in [1.54, 1.807) is 6.07 Å². The van der Waals surface area contributed by atoms with E-state index in [-0.39, 0.29) is 29.8 Å². The van der Waals surface area contributed by atoms with Crippen LogP contribution in [0.25, 0.3) is 0 Å². The monoisotopic (exact) mass is 255 g/mol. The third kappa shape index (κ3) is 2.78. The number of aromatic nitrogens is 1. The molecule has 0 amide bonds. The van der Waals surface area contributed by atoms with Crippen molar-refractivity contribution in [2.24, 2.45) is 5.73 Å². The molecule has 0 unspecified atom stereocenters. The third-order valence-electron chi connectivity index (χ3n) is 2.36. The van der Waals surface area contributed by atoms with Crippen LogP contribution in [0.15, 0.2) is 6.20 Å². The lowest BCUT2D eigenvalue weighted by molar-refractivity contribution is -0.139. The summed E-state index contributed by atoms with van der Waals surface area (Å²) in [5.74, 6) is -0.631. The molecule has 0 saturated carbocycles. The summed E-state index contributed by atoms with van der Waals surface area (Å²) in [6, 6.07) is 1.67. The van der Waals surface area contributed by atoms with Crippen LogP contribution in [0.4, 0.5) is 8.78 Å². The van der Waals surface area contributed by atoms with E-state index in [0.717, 1.165) is 0 Å². The topological polar surface area (TPSA) is 89.0 Å². The lowest BCUT2D eigenvalue weighted by atomic mass is 10.00. The van der Waals surface area contributed by atoms with Crippen molar-refractivity contribution in [3.8, 4) is 6.07 Å². The summed E-state index contributed by atoms with van der Waals surface area (Å²) < 4.78 is 30.2. The minimum absolute atomic E-state index is 0.0461. The largest absolute Gasteiger partial charge is 0.469 e. The van der Waals surface area contributed by atoms with Gasteiger partial charge in [0.2, 0.25) is 0 Å². The second-order valence-corrected chi connectivity index (χ2v) is 3.39. The van der Waals surface area contributed by atoms with Crippen molar-refractivity contribution in [1.29, 1.82) is 5.26 Å². The smallest absolute Gasteiger partial charge is 0.310 e. The normalized spacial score (nSPS) is 10.2. The molecule has 0 aliphatic heterocycles. The van der Waals surface area contributed by atoms with Gasteiger partial charge in [-0.2, -0.15) is 5.26 Å². The summed E-state index contributed by atoms with van der Waals surface area (Å²) in [7, 11) is 1.17. The zero-order valence-corrected chi connectivity index (χ0v) is 9.61. The Hall–Kier alpha value is -2.07. The highest BCUT2D eigenvalue weighted by Gasteiger charge is 2.22. The molecule has 7 heteroatoms. The van der Waals surface area contributed by atoms with E-state index in [0.29, 0.717) is 0 Å². The number of hydrogen-bond acceptors (Lipinski definition) is 5. The van der Waals surface area contributed by atoms with E-state index >= 15 is 0 Å². The molecule has 0 radical (unpaired) electrons. The molecule has 0 fully saturated rings. The molecule has 0 spiro atoms. The first kappa shape index (κ1) is 14.0. The van der Waals surface area contributed by atoms with Crippen molar-refractivity contribution in [2.75, 3.05) is 7.11 Å². The maximum absolute atomic E-state index is 12.9. The number of pyridine rings is 1. The van der Waals surface area contributed by atoms with Crippen LogP contribution < -0.4 is 5.73 Å². The zero-order chi connectivity index (χ0) is 13.7. The summed E-state index contributed by atoms with van der Waals surface area (Å²) in [5, 5.41) is 8.95. The number of nitrogens with two attached hydrogens (primary N) is 1. The Morgan fingerprint density at radius 1 is 1.67 bits per heavy atom. The number of ether oxygens (including phenoxy) is 1. The number of halogens is 2. The average molecular weight is 255 g/mol. The van der Waals surface area contributed by atoms with Gasteiger partial charge in [-0.15, -0.1) is 0 Å². The van der Waals surface area contributed by atoms with Crippen LogP contribution in [0.2, 0.25) is 0 Å². The number of carbonyl (C=O) groups is 1. The summed E-state index contributed by atoms with van der Waals surface area (Å²) in [6.45, 7) is -0.202. The van der Waals surface area contributed by atoms with Crippen LogP contribution in [-0.2, 0) is 22.5 Å². The van der Waals surface area contributed by atoms with Crippen LogP contribution in [0, 0.1) is 11.3 Å². The molecule has 0 aliphatic rings. The first-order valence-electron chi connectivity index (χ1n) is 5.00. The van der Waals surface area contributed by atoms with E-state index in [1.165, 1.54) is 13.3 Å². The minimum Gasteiger partial charge on any atom is -0.469 e. The van der Waals surface area contributed by atoms with Gasteiger partial charge in [0.25, 0.3) is 6.43 Å². The molecular weight excluding hydrogens is 244 g/mol. The van der Waals surface area contributed by atoms with Gasteiger partial charge in [-0.05, 0) is 5.56 Å². The molecule has 18 heavy (non-hydrogen) atoms. The van der Waals surface area contributed by atoms with Gasteiger partial charge < -0.3 is 10.5 Å². The van der Waals surface area contributed by atoms with Gasteiger partial charge in [0.1, 0.15) is 6.07 Å². The fraction of sp³-hybridized carbons (Fsp3) is 0.364. The number of alkyl halides is 2. The van der Waals surface area contributed by atoms with E-state index in [4.69, 9.17) is 11.0 Å². The van der Waals surface area contributed by atoms with Crippen LogP contribution >= 0.6 is 0 Å². The lowest BCUT2D eigenvalue weighted by Gasteiger charge is -2.11. The molecule has 0 bridgehead atoms. The number of rotatable bonds is 4. The number of nitriles is 1. The van der Waals surface area contributed by atoms with Gasteiger partial charge in [0.15, 0.2) is 0 Å². The van der Waals surface area contributed by atoms with Gasteiger partial charge in [-0.3, -0.25) is 9.78 Å². The summed E-state index contributed by atoms with van der Waals surface area (Å²) in [5.41, 5.74) is 4.58. The molecule has 96 valence electrons. The Morgan fingerprint density at radius 3 is 2.78 bits per heavy atom. The summed E-state index contributed by atoms with van der Waals surface area (Å²) >= 11 is 0. The lowest BCUT2D eigenvalue weighted by Crippen LogP contribution is -2.12. The van der Waals surface area contributed by atoms with Gasteiger partial charge in [0, 0.05) is 12.7 Å². The van der Waals surface area contributed by atoms with E-state index in [9.17, 15) is 13.6 Å². The summed E-state index contributed by atoms with van der Waals surface area (Å²) in [6.07, 6.45) is -1.95. The Labute approximate surface area is 102 Å². The number of carbonyl (C=O) groups excluding carboxylic acids is 1. The quantitative estimate of drug-likeness (QED) is 0.813. The van der Waals surface area contributed by atoms with Gasteiger partial charge in [-0.25, -0.2) is 8.78 Å². The highest BCUT2D eigenvalue weighted by Crippen LogP contribution is 2.27. The molecule has 1 rings (SSSR count). The fourth-order valence-electron chi connectivity index (χ4n) is 1.50. The molecule has 0 aliphatic carbocycles. The van der Waals surface area contributed by atoms with Crippen LogP contribution in [0.3, 0.4) is 0 Å². The predicted molar refractivity (Wildman–Crippen MR) is 57.5 cm³/mol. The van der Waals surface area contributed by atoms with E-state index in [2.05, 4.69) is 9.72 Å². The Morgan fingerprint density at radius 2 is 2.33 bits per heavy atom. The first-order chi connectivity index (χ1) is 8.54. The molecule has 1 aromatic rings. The number of esters is 1. The van der Waals surface area contributed by atoms with Crippen molar-refractivity contribution in [3.05, 3.63) is 28.6 Å². The average Bonchev–Trinajstić information content (AvgIpc) is 2.37. The maximum atomic E-state index is 12.9. The van der Waals surface area contributed by atoms with Gasteiger partial charge in [0.05, 0.1) is 30.4 Å². The predicted octanol–water partition coefficient (Wildman–Crippen LogP) is 1.07. The highest BCUT2D eigenvalue weighted by molar-refractivity contribution is 5.73. The Balaban J connectivity index is 3.34. The number of methoxy groups -OCH3 is 1. The van der Waals surface area contributed by atoms with Crippen molar-refractivity contribution >= 4 is 5.97 Å². The fourth-order valence-corrected chi connectivity index (χ4v) is 1.50. The second-order valence-electron chi connectivity index (χ2n) is 3.39. The Kier molecular flexibility index (Phi) is 4.68. The van der Waals surface area contributed by atoms with Crippen molar-refractivity contribution in [1.82, 2.24) is 4.98 Å². The molecule has 0 atom stereocenters. The van der Waals surface area contributed by atoms with Crippen LogP contribution in [0.5, 0.6) is 0 Å². The number of nitrogens with zero attached hydrogens (tertiary/aromatic N) is 2. The zero-order valence-electron chi connectivity index (χ0n) is 9.61. The summed E-state index contributed by atoms with van der Waals surface area (Å²) in [4.78, 5) is 14.9. The van der Waals surface area contributed by atoms with E-state index < -0.39 is 18.0 Å². The Bertz CT molecular complexity index is 498. The van der Waals surface area contributed by atoms with Crippen molar-refractivity contribution in [2.45, 2.75) is 19.4 Å². The second kappa shape index (κ2) is 6.02. The number of hydrogen-bond donors (Lipinski definition) is 1. The third-order valence-corrected chi connectivity index (χ3v) is 2.36. The van der Waals surface area contributed by atoms with Crippen molar-refractivity contribution in [3.63, 3.8) is 0 Å². The maximum Gasteiger partial charge on any atom is 0.310 e. The van der Waals surface area contributed by atoms with Crippen LogP contribution in [0.1, 0.15) is 28.8 Å². The van der Waals surface area contributed by atoms with Crippen LogP contribution in [-0.4, -0.2) is 18.1 Å². The SMILES string of the molecule is COC(=O)Cc1cnc(CN)c(C(F)F)c1C#N. The first-order valence-corrected chi connectivity index (χ1v) is 5.00. The van der Waals surface area contributed by atoms with Gasteiger partial charge in [-0.1, -0.05) is 0 Å². The molecule has 0 aromatic carbocycles. The molecular formula is C11H11F2N3O2. The standard InChI is InChI=1S/C11H11F2N3O2/c1-18-9(17)2-6-5-16-8(4-15)10(11(12)13)7(6)3-14/h5,11H,2,4,15H2,1H3. The van der Waals surface area contributed by atoms with Crippen molar-refractivity contribution < 1.29 is 18.3 Å². The molecule has 0 saturated heterocycles. The molecule has 1 aromatic heterocycles. The minimum atomic E-state index is -2.87. The van der Waals surface area contributed by atoms with Gasteiger partial charge >= 0.3 is 5.97 Å². The van der Waals surface area contributed by atoms with E-state index in [1.807, 2.05) is 0 Å². The highest BCUT2D eigenvalue weighted by atomic mass is 19.3. The molecule has 1 heterocycles. The molecule has 2 N–H and O–H groups in total.